The molecule has 6 nitrogen and oxygen atoms in total. The Balaban J connectivity index is 1.49. The number of hydrogen-bond donors (Lipinski definition) is 1. The van der Waals surface area contributed by atoms with Crippen LogP contribution in [0.2, 0.25) is 0 Å². The van der Waals surface area contributed by atoms with E-state index in [4.69, 9.17) is 4.84 Å². The zero-order valence-corrected chi connectivity index (χ0v) is 18.8. The first-order chi connectivity index (χ1) is 15.7. The second-order valence-corrected chi connectivity index (χ2v) is 8.86. The van der Waals surface area contributed by atoms with Gasteiger partial charge in [-0.25, -0.2) is 10.5 Å². The summed E-state index contributed by atoms with van der Waals surface area (Å²) in [5.74, 6) is -0.234. The number of allylic oxidation sites excluding steroid dienone is 1. The molecule has 2 heterocycles. The molecule has 0 bridgehead atoms. The molecule has 0 spiro atoms. The maximum atomic E-state index is 13.1. The van der Waals surface area contributed by atoms with Crippen LogP contribution in [0, 0.1) is 0 Å². The third-order valence-electron chi connectivity index (χ3n) is 4.59. The van der Waals surface area contributed by atoms with Crippen LogP contribution in [0.1, 0.15) is 5.56 Å². The maximum Gasteiger partial charge on any atom is 0.263 e. The van der Waals surface area contributed by atoms with E-state index < -0.39 is 0 Å². The predicted octanol–water partition coefficient (Wildman–Crippen LogP) is 4.65. The topological polar surface area (TPSA) is 73.2 Å². The molecule has 1 amide bonds. The van der Waals surface area contributed by atoms with Gasteiger partial charge in [-0.1, -0.05) is 78.5 Å². The summed E-state index contributed by atoms with van der Waals surface area (Å²) in [6, 6.07) is 21.3. The fraction of sp³-hybridized carbons (Fsp3) is 0.125. The lowest BCUT2D eigenvalue weighted by atomic mass is 10.2. The number of rotatable bonds is 9. The van der Waals surface area contributed by atoms with Gasteiger partial charge in [0.05, 0.1) is 17.7 Å². The van der Waals surface area contributed by atoms with Crippen molar-refractivity contribution in [1.29, 1.82) is 0 Å². The van der Waals surface area contributed by atoms with E-state index in [2.05, 4.69) is 17.0 Å². The molecule has 0 radical (unpaired) electrons. The highest BCUT2D eigenvalue weighted by Crippen LogP contribution is 2.32. The molecule has 4 aromatic rings. The van der Waals surface area contributed by atoms with Gasteiger partial charge in [0, 0.05) is 11.4 Å². The monoisotopic (exact) mass is 463 g/mol. The molecule has 4 rings (SSSR count). The predicted molar refractivity (Wildman–Crippen MR) is 130 cm³/mol. The minimum absolute atomic E-state index is 0.0702. The van der Waals surface area contributed by atoms with Gasteiger partial charge < -0.3 is 0 Å². The van der Waals surface area contributed by atoms with Gasteiger partial charge in [0.2, 0.25) is 0 Å². The third-order valence-corrected chi connectivity index (χ3v) is 6.64. The van der Waals surface area contributed by atoms with Crippen molar-refractivity contribution >= 4 is 39.2 Å². The van der Waals surface area contributed by atoms with Gasteiger partial charge in [-0.05, 0) is 17.2 Å². The molecule has 8 heteroatoms. The number of benzene rings is 2. The van der Waals surface area contributed by atoms with Crippen LogP contribution >= 0.6 is 23.1 Å². The molecule has 0 aliphatic heterocycles. The third kappa shape index (κ3) is 5.16. The Bertz CT molecular complexity index is 1280. The molecule has 2 aromatic heterocycles. The lowest BCUT2D eigenvalue weighted by Crippen LogP contribution is -2.27. The Morgan fingerprint density at radius 3 is 2.59 bits per heavy atom. The molecule has 0 saturated heterocycles. The fourth-order valence-corrected chi connectivity index (χ4v) is 4.95. The molecule has 0 fully saturated rings. The van der Waals surface area contributed by atoms with E-state index in [-0.39, 0.29) is 23.8 Å². The molecule has 0 aliphatic carbocycles. The van der Waals surface area contributed by atoms with Gasteiger partial charge in [-0.3, -0.25) is 19.0 Å². The summed E-state index contributed by atoms with van der Waals surface area (Å²) >= 11 is 2.66. The number of nitrogens with zero attached hydrogens (tertiary/aromatic N) is 2. The summed E-state index contributed by atoms with van der Waals surface area (Å²) in [4.78, 5) is 36.9. The van der Waals surface area contributed by atoms with Crippen LogP contribution in [-0.2, 0) is 22.8 Å². The van der Waals surface area contributed by atoms with Gasteiger partial charge in [0.1, 0.15) is 4.83 Å². The van der Waals surface area contributed by atoms with Crippen molar-refractivity contribution < 1.29 is 9.63 Å². The van der Waals surface area contributed by atoms with Gasteiger partial charge in [0.25, 0.3) is 11.5 Å². The first-order valence-corrected chi connectivity index (χ1v) is 11.7. The van der Waals surface area contributed by atoms with Crippen LogP contribution in [0.15, 0.2) is 89.3 Å². The highest BCUT2D eigenvalue weighted by Gasteiger charge is 2.16. The minimum Gasteiger partial charge on any atom is -0.283 e. The van der Waals surface area contributed by atoms with E-state index in [1.54, 1.807) is 10.6 Å². The Hall–Kier alpha value is -3.20. The van der Waals surface area contributed by atoms with Crippen molar-refractivity contribution in [3.05, 3.63) is 95.3 Å². The van der Waals surface area contributed by atoms with Crippen molar-refractivity contribution in [2.75, 3.05) is 5.75 Å². The summed E-state index contributed by atoms with van der Waals surface area (Å²) in [5.41, 5.74) is 4.29. The quantitative estimate of drug-likeness (QED) is 0.169. The lowest BCUT2D eigenvalue weighted by molar-refractivity contribution is -0.131. The van der Waals surface area contributed by atoms with Gasteiger partial charge >= 0.3 is 0 Å². The molecule has 0 atom stereocenters. The molecular formula is C24H21N3O3S2. The fourth-order valence-electron chi connectivity index (χ4n) is 3.08. The van der Waals surface area contributed by atoms with Crippen LogP contribution < -0.4 is 11.0 Å². The number of nitrogens with one attached hydrogen (secondary N) is 1. The number of thiophene rings is 1. The zero-order chi connectivity index (χ0) is 22.3. The Morgan fingerprint density at radius 1 is 1.16 bits per heavy atom. The Labute approximate surface area is 193 Å². The van der Waals surface area contributed by atoms with Gasteiger partial charge in [0.15, 0.2) is 5.16 Å². The van der Waals surface area contributed by atoms with Crippen molar-refractivity contribution in [2.24, 2.45) is 0 Å². The molecular weight excluding hydrogens is 442 g/mol. The number of carbonyl (C=O) groups is 1. The van der Waals surface area contributed by atoms with Crippen LogP contribution in [0.5, 0.6) is 0 Å². The average molecular weight is 464 g/mol. The molecule has 162 valence electrons. The van der Waals surface area contributed by atoms with E-state index in [1.165, 1.54) is 23.1 Å². The summed E-state index contributed by atoms with van der Waals surface area (Å²) in [5, 5.41) is 1.04. The molecule has 1 N–H and O–H groups in total. The second-order valence-electron chi connectivity index (χ2n) is 6.88. The lowest BCUT2D eigenvalue weighted by Gasteiger charge is -2.10. The zero-order valence-electron chi connectivity index (χ0n) is 17.2. The molecule has 0 unspecified atom stereocenters. The number of aromatic nitrogens is 2. The van der Waals surface area contributed by atoms with E-state index in [9.17, 15) is 9.59 Å². The number of amides is 1. The number of carbonyl (C=O) groups excluding carboxylic acids is 1. The first-order valence-electron chi connectivity index (χ1n) is 9.94. The van der Waals surface area contributed by atoms with Crippen molar-refractivity contribution in [2.45, 2.75) is 18.3 Å². The number of thioether (sulfide) groups is 1. The minimum atomic E-state index is -0.304. The van der Waals surface area contributed by atoms with Crippen LogP contribution in [-0.4, -0.2) is 21.2 Å². The van der Waals surface area contributed by atoms with E-state index in [1.807, 2.05) is 66.7 Å². The van der Waals surface area contributed by atoms with Crippen molar-refractivity contribution in [3.63, 3.8) is 0 Å². The van der Waals surface area contributed by atoms with Gasteiger partial charge in [-0.15, -0.1) is 17.9 Å². The van der Waals surface area contributed by atoms with Crippen LogP contribution in [0.3, 0.4) is 0 Å². The SMILES string of the molecule is C=CCn1c(SCC(=O)NOCc2ccccc2)nc2sc(-c3ccccc3)cc2c1=O. The molecule has 0 aliphatic rings. The molecule has 2 aromatic carbocycles. The molecule has 0 saturated carbocycles. The van der Waals surface area contributed by atoms with Crippen molar-refractivity contribution in [3.8, 4) is 10.4 Å². The summed E-state index contributed by atoms with van der Waals surface area (Å²) in [6.45, 7) is 4.33. The van der Waals surface area contributed by atoms with E-state index in [0.717, 1.165) is 16.0 Å². The van der Waals surface area contributed by atoms with E-state index in [0.29, 0.717) is 21.9 Å². The maximum absolute atomic E-state index is 13.1. The normalized spacial score (nSPS) is 10.9. The Kier molecular flexibility index (Phi) is 7.16. The average Bonchev–Trinajstić information content (AvgIpc) is 3.26. The number of fused-ring (bicyclic) bond motifs is 1. The summed E-state index contributed by atoms with van der Waals surface area (Å²) < 4.78 is 1.54. The van der Waals surface area contributed by atoms with E-state index >= 15 is 0 Å². The van der Waals surface area contributed by atoms with Crippen LogP contribution in [0.25, 0.3) is 20.7 Å². The summed E-state index contributed by atoms with van der Waals surface area (Å²) in [6.07, 6.45) is 1.65. The van der Waals surface area contributed by atoms with Crippen LogP contribution in [0.4, 0.5) is 0 Å². The Morgan fingerprint density at radius 2 is 1.88 bits per heavy atom. The van der Waals surface area contributed by atoms with Gasteiger partial charge in [-0.2, -0.15) is 0 Å². The van der Waals surface area contributed by atoms with Crippen molar-refractivity contribution in [1.82, 2.24) is 15.0 Å². The molecule has 32 heavy (non-hydrogen) atoms. The smallest absolute Gasteiger partial charge is 0.263 e. The highest BCUT2D eigenvalue weighted by atomic mass is 32.2. The second kappa shape index (κ2) is 10.4. The number of hydrogen-bond acceptors (Lipinski definition) is 6. The first kappa shape index (κ1) is 22.0. The summed E-state index contributed by atoms with van der Waals surface area (Å²) in [7, 11) is 0. The highest BCUT2D eigenvalue weighted by molar-refractivity contribution is 7.99. The standard InChI is InChI=1S/C24H21N3O3S2/c1-2-13-27-23(29)19-14-20(18-11-7-4-8-12-18)32-22(19)25-24(27)31-16-21(28)26-30-15-17-9-5-3-6-10-17/h2-12,14H,1,13,15-16H2,(H,26,28). The number of hydroxylamine groups is 1. The largest absolute Gasteiger partial charge is 0.283 e.